The maximum atomic E-state index is 13.4. The Morgan fingerprint density at radius 2 is 1.67 bits per heavy atom. The molecule has 0 unspecified atom stereocenters. The van der Waals surface area contributed by atoms with Gasteiger partial charge in [0.25, 0.3) is 5.91 Å². The second-order valence-electron chi connectivity index (χ2n) is 6.43. The first-order chi connectivity index (χ1) is 14.5. The number of aromatic nitrogens is 3. The monoisotopic (exact) mass is 410 g/mol. The molecule has 1 amide bonds. The first kappa shape index (κ1) is 21.0. The molecule has 2 aromatic heterocycles. The smallest absolute Gasteiger partial charge is 0.325 e. The lowest BCUT2D eigenvalue weighted by Crippen LogP contribution is -2.40. The number of methoxy groups -OCH3 is 2. The van der Waals surface area contributed by atoms with E-state index in [1.165, 1.54) is 14.2 Å². The molecule has 3 aromatic rings. The van der Waals surface area contributed by atoms with E-state index >= 15 is 0 Å². The molecule has 9 heteroatoms. The van der Waals surface area contributed by atoms with Gasteiger partial charge in [0, 0.05) is 12.1 Å². The Morgan fingerprint density at radius 1 is 1.03 bits per heavy atom. The number of aryl methyl sites for hydroxylation is 1. The molecule has 0 aliphatic rings. The molecule has 0 atom stereocenters. The van der Waals surface area contributed by atoms with Crippen molar-refractivity contribution >= 4 is 28.9 Å². The topological polar surface area (TPSA) is 104 Å². The lowest BCUT2D eigenvalue weighted by Gasteiger charge is -2.21. The number of esters is 2. The van der Waals surface area contributed by atoms with Crippen molar-refractivity contribution in [2.45, 2.75) is 13.5 Å². The molecule has 0 saturated carbocycles. The minimum atomic E-state index is -0.648. The number of carbonyl (C=O) groups excluding carboxylic acids is 3. The summed E-state index contributed by atoms with van der Waals surface area (Å²) < 4.78 is 11.0. The van der Waals surface area contributed by atoms with Crippen molar-refractivity contribution in [2.75, 3.05) is 27.3 Å². The standard InChI is InChI=1S/C21H22N4O5/c1-4-25-20-16(11-22-25)15(10-17(23-20)14-8-6-5-7-9-14)21(28)24(12-18(26)29-2)13-19(27)30-3/h5-11H,4,12-13H2,1-3H3. The number of fused-ring (bicyclic) bond motifs is 1. The SMILES string of the molecule is CCn1ncc2c(C(=O)N(CC(=O)OC)CC(=O)OC)cc(-c3ccccc3)nc21. The highest BCUT2D eigenvalue weighted by Gasteiger charge is 2.26. The van der Waals surface area contributed by atoms with E-state index in [4.69, 9.17) is 0 Å². The van der Waals surface area contributed by atoms with E-state index in [2.05, 4.69) is 19.6 Å². The number of hydrogen-bond donors (Lipinski definition) is 0. The average Bonchev–Trinajstić information content (AvgIpc) is 3.20. The molecule has 0 spiro atoms. The van der Waals surface area contributed by atoms with E-state index in [0.717, 1.165) is 10.5 Å². The first-order valence-corrected chi connectivity index (χ1v) is 9.33. The molecule has 156 valence electrons. The summed E-state index contributed by atoms with van der Waals surface area (Å²) in [6.07, 6.45) is 1.56. The third-order valence-electron chi connectivity index (χ3n) is 4.59. The van der Waals surface area contributed by atoms with Crippen LogP contribution >= 0.6 is 0 Å². The molecule has 2 heterocycles. The molecule has 3 rings (SSSR count). The van der Waals surface area contributed by atoms with Crippen molar-refractivity contribution < 1.29 is 23.9 Å². The second kappa shape index (κ2) is 9.17. The van der Waals surface area contributed by atoms with Crippen LogP contribution in [0.25, 0.3) is 22.3 Å². The summed E-state index contributed by atoms with van der Waals surface area (Å²) in [5.74, 6) is -1.82. The summed E-state index contributed by atoms with van der Waals surface area (Å²) in [5, 5.41) is 4.83. The average molecular weight is 410 g/mol. The van der Waals surface area contributed by atoms with Gasteiger partial charge in [0.1, 0.15) is 13.1 Å². The Labute approximate surface area is 173 Å². The van der Waals surface area contributed by atoms with E-state index in [0.29, 0.717) is 23.3 Å². The van der Waals surface area contributed by atoms with Gasteiger partial charge in [-0.2, -0.15) is 5.10 Å². The Morgan fingerprint density at radius 3 is 2.23 bits per heavy atom. The Hall–Kier alpha value is -3.75. The Balaban J connectivity index is 2.13. The number of pyridine rings is 1. The van der Waals surface area contributed by atoms with Gasteiger partial charge in [-0.25, -0.2) is 9.67 Å². The van der Waals surface area contributed by atoms with Gasteiger partial charge >= 0.3 is 11.9 Å². The van der Waals surface area contributed by atoms with E-state index in [1.54, 1.807) is 16.9 Å². The highest BCUT2D eigenvalue weighted by Crippen LogP contribution is 2.26. The number of carbonyl (C=O) groups is 3. The van der Waals surface area contributed by atoms with Crippen LogP contribution in [0.3, 0.4) is 0 Å². The maximum absolute atomic E-state index is 13.4. The Kier molecular flexibility index (Phi) is 6.41. The van der Waals surface area contributed by atoms with E-state index in [9.17, 15) is 14.4 Å². The van der Waals surface area contributed by atoms with Gasteiger partial charge in [0.2, 0.25) is 0 Å². The van der Waals surface area contributed by atoms with Crippen LogP contribution in [-0.2, 0) is 25.6 Å². The van der Waals surface area contributed by atoms with E-state index in [-0.39, 0.29) is 5.56 Å². The molecule has 0 bridgehead atoms. The van der Waals surface area contributed by atoms with Crippen molar-refractivity contribution in [1.82, 2.24) is 19.7 Å². The third-order valence-corrected chi connectivity index (χ3v) is 4.59. The first-order valence-electron chi connectivity index (χ1n) is 9.33. The molecule has 9 nitrogen and oxygen atoms in total. The number of rotatable bonds is 7. The summed E-state index contributed by atoms with van der Waals surface area (Å²) in [4.78, 5) is 42.8. The molecule has 0 aliphatic heterocycles. The van der Waals surface area contributed by atoms with Crippen LogP contribution in [-0.4, -0.2) is 64.8 Å². The van der Waals surface area contributed by atoms with Gasteiger partial charge in [-0.05, 0) is 13.0 Å². The van der Waals surface area contributed by atoms with Crippen LogP contribution < -0.4 is 0 Å². The molecule has 0 radical (unpaired) electrons. The summed E-state index contributed by atoms with van der Waals surface area (Å²) in [5.41, 5.74) is 2.23. The number of hydrogen-bond acceptors (Lipinski definition) is 7. The zero-order valence-electron chi connectivity index (χ0n) is 17.0. The predicted octanol–water partition coefficient (Wildman–Crippen LogP) is 1.91. The van der Waals surface area contributed by atoms with E-state index in [1.807, 2.05) is 37.3 Å². The number of ether oxygens (including phenoxy) is 2. The van der Waals surface area contributed by atoms with Gasteiger partial charge < -0.3 is 14.4 Å². The fourth-order valence-corrected chi connectivity index (χ4v) is 3.02. The molecular formula is C21H22N4O5. The van der Waals surface area contributed by atoms with Crippen LogP contribution in [0, 0.1) is 0 Å². The van der Waals surface area contributed by atoms with Crippen molar-refractivity contribution in [3.05, 3.63) is 48.2 Å². The molecule has 1 aromatic carbocycles. The minimum absolute atomic E-state index is 0.284. The largest absolute Gasteiger partial charge is 0.468 e. The summed E-state index contributed by atoms with van der Waals surface area (Å²) >= 11 is 0. The lowest BCUT2D eigenvalue weighted by molar-refractivity contribution is -0.144. The van der Waals surface area contributed by atoms with Crippen molar-refractivity contribution in [2.24, 2.45) is 0 Å². The highest BCUT2D eigenvalue weighted by molar-refractivity contribution is 6.08. The lowest BCUT2D eigenvalue weighted by atomic mass is 10.1. The molecule has 0 saturated heterocycles. The predicted molar refractivity (Wildman–Crippen MR) is 109 cm³/mol. The fourth-order valence-electron chi connectivity index (χ4n) is 3.02. The highest BCUT2D eigenvalue weighted by atomic mass is 16.5. The van der Waals surface area contributed by atoms with Gasteiger partial charge in [0.15, 0.2) is 5.65 Å². The summed E-state index contributed by atoms with van der Waals surface area (Å²) in [6, 6.07) is 11.1. The van der Waals surface area contributed by atoms with Crippen LogP contribution in [0.5, 0.6) is 0 Å². The summed E-state index contributed by atoms with van der Waals surface area (Å²) in [7, 11) is 2.43. The summed E-state index contributed by atoms with van der Waals surface area (Å²) in [6.45, 7) is 1.70. The van der Waals surface area contributed by atoms with Crippen LogP contribution in [0.2, 0.25) is 0 Å². The molecule has 0 fully saturated rings. The molecule has 30 heavy (non-hydrogen) atoms. The van der Waals surface area contributed by atoms with Gasteiger partial charge in [-0.3, -0.25) is 14.4 Å². The minimum Gasteiger partial charge on any atom is -0.468 e. The zero-order valence-corrected chi connectivity index (χ0v) is 17.0. The molecule has 0 N–H and O–H groups in total. The molecule has 0 aliphatic carbocycles. The second-order valence-corrected chi connectivity index (χ2v) is 6.43. The fraction of sp³-hybridized carbons (Fsp3) is 0.286. The quantitative estimate of drug-likeness (QED) is 0.548. The third kappa shape index (κ3) is 4.29. The van der Waals surface area contributed by atoms with Crippen molar-refractivity contribution in [1.29, 1.82) is 0 Å². The normalized spacial score (nSPS) is 10.6. The zero-order chi connectivity index (χ0) is 21.7. The Bertz CT molecular complexity index is 1060. The van der Waals surface area contributed by atoms with Gasteiger partial charge in [-0.15, -0.1) is 0 Å². The number of nitrogens with zero attached hydrogens (tertiary/aromatic N) is 4. The van der Waals surface area contributed by atoms with Crippen LogP contribution in [0.1, 0.15) is 17.3 Å². The van der Waals surface area contributed by atoms with Crippen LogP contribution in [0.15, 0.2) is 42.6 Å². The van der Waals surface area contributed by atoms with Crippen molar-refractivity contribution in [3.8, 4) is 11.3 Å². The maximum Gasteiger partial charge on any atom is 0.325 e. The van der Waals surface area contributed by atoms with Gasteiger partial charge in [-0.1, -0.05) is 30.3 Å². The number of amides is 1. The van der Waals surface area contributed by atoms with E-state index < -0.39 is 30.9 Å². The molecular weight excluding hydrogens is 388 g/mol. The number of benzene rings is 1. The van der Waals surface area contributed by atoms with Crippen molar-refractivity contribution in [3.63, 3.8) is 0 Å². The van der Waals surface area contributed by atoms with Crippen LogP contribution in [0.4, 0.5) is 0 Å². The van der Waals surface area contributed by atoms with Gasteiger partial charge in [0.05, 0.1) is 37.1 Å².